The van der Waals surface area contributed by atoms with Crippen molar-refractivity contribution in [3.63, 3.8) is 0 Å². The molecule has 0 amide bonds. The van der Waals surface area contributed by atoms with E-state index in [1.54, 1.807) is 62.6 Å². The van der Waals surface area contributed by atoms with Crippen molar-refractivity contribution in [3.05, 3.63) is 83.2 Å². The predicted octanol–water partition coefficient (Wildman–Crippen LogP) is 5.53. The van der Waals surface area contributed by atoms with Crippen LogP contribution in [-0.2, 0) is 9.53 Å². The van der Waals surface area contributed by atoms with Gasteiger partial charge in [-0.05, 0) is 74.9 Å². The molecule has 0 aliphatic carbocycles. The Hall–Kier alpha value is -3.94. The molecule has 0 saturated heterocycles. The number of carbonyl (C=O) groups is 2. The summed E-state index contributed by atoms with van der Waals surface area (Å²) in [7, 11) is 1.57. The standard InChI is InChI=1S/C26H25F2NO5/c1-16-15-23(17(2)29(16)20-8-12-22(13-9-20)34-26(27)28)25(31)18(3)33-24(30)14-7-19-5-10-21(32-4)11-6-19/h5-15,18,26H,1-4H3. The van der Waals surface area contributed by atoms with Gasteiger partial charge in [-0.15, -0.1) is 0 Å². The van der Waals surface area contributed by atoms with Crippen molar-refractivity contribution < 1.29 is 32.6 Å². The van der Waals surface area contributed by atoms with Crippen LogP contribution in [-0.4, -0.2) is 36.1 Å². The Labute approximate surface area is 196 Å². The number of ketones is 1. The van der Waals surface area contributed by atoms with E-state index in [1.807, 2.05) is 11.5 Å². The average Bonchev–Trinajstić information content (AvgIpc) is 3.11. The Kier molecular flexibility index (Phi) is 7.83. The molecule has 1 aromatic heterocycles. The van der Waals surface area contributed by atoms with Gasteiger partial charge in [0.05, 0.1) is 7.11 Å². The van der Waals surface area contributed by atoms with Gasteiger partial charge in [-0.3, -0.25) is 4.79 Å². The number of Topliss-reactive ketones (excluding diaryl/α,β-unsaturated/α-hetero) is 1. The SMILES string of the molecule is COc1ccc(C=CC(=O)OC(C)C(=O)c2cc(C)n(-c3ccc(OC(F)F)cc3)c2C)cc1. The van der Waals surface area contributed by atoms with Crippen LogP contribution in [0.5, 0.6) is 11.5 Å². The lowest BCUT2D eigenvalue weighted by molar-refractivity contribution is -0.140. The Morgan fingerprint density at radius 2 is 1.59 bits per heavy atom. The average molecular weight is 469 g/mol. The van der Waals surface area contributed by atoms with Gasteiger partial charge >= 0.3 is 12.6 Å². The Balaban J connectivity index is 1.70. The van der Waals surface area contributed by atoms with Gasteiger partial charge in [-0.25, -0.2) is 4.79 Å². The Bertz CT molecular complexity index is 1180. The number of esters is 1. The van der Waals surface area contributed by atoms with E-state index in [4.69, 9.17) is 9.47 Å². The molecule has 6 nitrogen and oxygen atoms in total. The van der Waals surface area contributed by atoms with Gasteiger partial charge in [0.2, 0.25) is 5.78 Å². The molecule has 1 unspecified atom stereocenters. The maximum absolute atomic E-state index is 13.0. The fourth-order valence-corrected chi connectivity index (χ4v) is 3.55. The van der Waals surface area contributed by atoms with Gasteiger partial charge in [0, 0.05) is 28.7 Å². The molecular weight excluding hydrogens is 444 g/mol. The summed E-state index contributed by atoms with van der Waals surface area (Å²) < 4.78 is 41.4. The number of rotatable bonds is 9. The summed E-state index contributed by atoms with van der Waals surface area (Å²) >= 11 is 0. The van der Waals surface area contributed by atoms with E-state index in [2.05, 4.69) is 4.74 Å². The molecular formula is C26H25F2NO5. The molecule has 8 heteroatoms. The topological polar surface area (TPSA) is 66.8 Å². The first kappa shape index (κ1) is 24.7. The molecule has 2 aromatic carbocycles. The zero-order valence-corrected chi connectivity index (χ0v) is 19.2. The van der Waals surface area contributed by atoms with Crippen LogP contribution in [0.2, 0.25) is 0 Å². The molecule has 1 heterocycles. The number of alkyl halides is 2. The van der Waals surface area contributed by atoms with E-state index < -0.39 is 18.7 Å². The highest BCUT2D eigenvalue weighted by atomic mass is 19.3. The van der Waals surface area contributed by atoms with Gasteiger partial charge in [-0.2, -0.15) is 8.78 Å². The molecule has 178 valence electrons. The zero-order chi connectivity index (χ0) is 24.8. The van der Waals surface area contributed by atoms with Crippen LogP contribution >= 0.6 is 0 Å². The second-order valence-corrected chi connectivity index (χ2v) is 7.54. The number of hydrogen-bond acceptors (Lipinski definition) is 5. The van der Waals surface area contributed by atoms with Crippen molar-refractivity contribution in [2.24, 2.45) is 0 Å². The maximum Gasteiger partial charge on any atom is 0.387 e. The highest BCUT2D eigenvalue weighted by Gasteiger charge is 2.24. The first-order valence-electron chi connectivity index (χ1n) is 10.5. The summed E-state index contributed by atoms with van der Waals surface area (Å²) in [6, 6.07) is 14.9. The summed E-state index contributed by atoms with van der Waals surface area (Å²) in [5.41, 5.74) is 3.28. The van der Waals surface area contributed by atoms with Crippen LogP contribution in [0.25, 0.3) is 11.8 Å². The molecule has 0 bridgehead atoms. The van der Waals surface area contributed by atoms with Crippen molar-refractivity contribution in [1.82, 2.24) is 4.57 Å². The minimum absolute atomic E-state index is 0.0424. The van der Waals surface area contributed by atoms with Crippen LogP contribution < -0.4 is 9.47 Å². The molecule has 3 rings (SSSR count). The second-order valence-electron chi connectivity index (χ2n) is 7.54. The van der Waals surface area contributed by atoms with Crippen LogP contribution in [0.4, 0.5) is 8.78 Å². The molecule has 0 aliphatic rings. The van der Waals surface area contributed by atoms with E-state index in [1.165, 1.54) is 25.1 Å². The van der Waals surface area contributed by atoms with E-state index in [0.717, 1.165) is 11.3 Å². The largest absolute Gasteiger partial charge is 0.497 e. The molecule has 0 aliphatic heterocycles. The number of halogens is 2. The number of aryl methyl sites for hydroxylation is 1. The predicted molar refractivity (Wildman–Crippen MR) is 124 cm³/mol. The third-order valence-corrected chi connectivity index (χ3v) is 5.21. The highest BCUT2D eigenvalue weighted by molar-refractivity contribution is 6.02. The normalized spacial score (nSPS) is 12.1. The van der Waals surface area contributed by atoms with Crippen molar-refractivity contribution >= 4 is 17.8 Å². The van der Waals surface area contributed by atoms with E-state index in [-0.39, 0.29) is 11.5 Å². The quantitative estimate of drug-likeness (QED) is 0.234. The summed E-state index contributed by atoms with van der Waals surface area (Å²) in [4.78, 5) is 25.2. The summed E-state index contributed by atoms with van der Waals surface area (Å²) in [5.74, 6) is -0.238. The van der Waals surface area contributed by atoms with Crippen LogP contribution in [0.1, 0.15) is 34.2 Å². The first-order chi connectivity index (χ1) is 16.2. The lowest BCUT2D eigenvalue weighted by atomic mass is 10.1. The third-order valence-electron chi connectivity index (χ3n) is 5.21. The van der Waals surface area contributed by atoms with E-state index in [0.29, 0.717) is 22.7 Å². The Morgan fingerprint density at radius 3 is 2.18 bits per heavy atom. The smallest absolute Gasteiger partial charge is 0.387 e. The van der Waals surface area contributed by atoms with E-state index in [9.17, 15) is 18.4 Å². The fourth-order valence-electron chi connectivity index (χ4n) is 3.55. The first-order valence-corrected chi connectivity index (χ1v) is 10.5. The fraction of sp³-hybridized carbons (Fsp3) is 0.231. The third kappa shape index (κ3) is 5.89. The number of carbonyl (C=O) groups excluding carboxylic acids is 2. The molecule has 0 fully saturated rings. The minimum Gasteiger partial charge on any atom is -0.497 e. The molecule has 1 atom stereocenters. The second kappa shape index (κ2) is 10.8. The van der Waals surface area contributed by atoms with Crippen molar-refractivity contribution in [2.75, 3.05) is 7.11 Å². The lowest BCUT2D eigenvalue weighted by Crippen LogP contribution is -2.24. The summed E-state index contributed by atoms with van der Waals surface area (Å²) in [5, 5.41) is 0. The van der Waals surface area contributed by atoms with Crippen LogP contribution in [0.3, 0.4) is 0 Å². The van der Waals surface area contributed by atoms with Crippen molar-refractivity contribution in [3.8, 4) is 17.2 Å². The molecule has 34 heavy (non-hydrogen) atoms. The molecule has 0 N–H and O–H groups in total. The molecule has 0 spiro atoms. The Morgan fingerprint density at radius 1 is 0.971 bits per heavy atom. The van der Waals surface area contributed by atoms with Gasteiger partial charge in [0.25, 0.3) is 0 Å². The molecule has 3 aromatic rings. The number of ether oxygens (including phenoxy) is 3. The summed E-state index contributed by atoms with van der Waals surface area (Å²) in [6.45, 7) is 2.20. The highest BCUT2D eigenvalue weighted by Crippen LogP contribution is 2.25. The number of benzene rings is 2. The van der Waals surface area contributed by atoms with Gasteiger partial charge in [-0.1, -0.05) is 12.1 Å². The number of aromatic nitrogens is 1. The number of methoxy groups -OCH3 is 1. The van der Waals surface area contributed by atoms with E-state index >= 15 is 0 Å². The molecule has 0 radical (unpaired) electrons. The maximum atomic E-state index is 13.0. The summed E-state index contributed by atoms with van der Waals surface area (Å²) in [6.07, 6.45) is 1.85. The molecule has 0 saturated carbocycles. The van der Waals surface area contributed by atoms with Crippen molar-refractivity contribution in [2.45, 2.75) is 33.5 Å². The lowest BCUT2D eigenvalue weighted by Gasteiger charge is -2.13. The van der Waals surface area contributed by atoms with Gasteiger partial charge in [0.15, 0.2) is 6.10 Å². The van der Waals surface area contributed by atoms with Crippen LogP contribution in [0.15, 0.2) is 60.7 Å². The monoisotopic (exact) mass is 469 g/mol. The zero-order valence-electron chi connectivity index (χ0n) is 19.2. The van der Waals surface area contributed by atoms with Gasteiger partial charge in [0.1, 0.15) is 11.5 Å². The number of hydrogen-bond donors (Lipinski definition) is 0. The van der Waals surface area contributed by atoms with Crippen LogP contribution in [0, 0.1) is 13.8 Å². The van der Waals surface area contributed by atoms with Gasteiger partial charge < -0.3 is 18.8 Å². The minimum atomic E-state index is -2.90. The number of nitrogens with zero attached hydrogens (tertiary/aromatic N) is 1. The van der Waals surface area contributed by atoms with Crippen molar-refractivity contribution in [1.29, 1.82) is 0 Å².